The van der Waals surface area contributed by atoms with Crippen molar-refractivity contribution in [2.75, 3.05) is 0 Å². The van der Waals surface area contributed by atoms with Gasteiger partial charge < -0.3 is 4.74 Å². The second-order valence-corrected chi connectivity index (χ2v) is 17.0. The number of benzene rings is 3. The number of aryl methyl sites for hydroxylation is 1. The molecule has 1 aliphatic carbocycles. The van der Waals surface area contributed by atoms with Gasteiger partial charge in [0, 0.05) is 46.3 Å². The van der Waals surface area contributed by atoms with Gasteiger partial charge in [0.2, 0.25) is 0 Å². The average Bonchev–Trinajstić information content (AvgIpc) is 3.59. The molecule has 0 saturated carbocycles. The third kappa shape index (κ3) is 6.48. The second kappa shape index (κ2) is 13.7. The first-order valence-corrected chi connectivity index (χ1v) is 19.3. The van der Waals surface area contributed by atoms with Gasteiger partial charge in [-0.25, -0.2) is 9.67 Å². The van der Waals surface area contributed by atoms with E-state index in [9.17, 15) is 0 Å². The number of hydrogen-bond acceptors (Lipinski definition) is 3. The molecular weight excluding hydrogens is 637 g/mol. The lowest BCUT2D eigenvalue weighted by molar-refractivity contribution is 0.297. The lowest BCUT2D eigenvalue weighted by Gasteiger charge is -2.37. The summed E-state index contributed by atoms with van der Waals surface area (Å²) in [7, 11) is 0. The van der Waals surface area contributed by atoms with Crippen molar-refractivity contribution in [2.45, 2.75) is 106 Å². The van der Waals surface area contributed by atoms with Crippen molar-refractivity contribution >= 4 is 21.8 Å². The minimum Gasteiger partial charge on any atom is -0.457 e. The molecule has 0 saturated heterocycles. The normalized spacial score (nSPS) is 16.8. The van der Waals surface area contributed by atoms with Gasteiger partial charge in [-0.2, -0.15) is 5.10 Å². The first kappa shape index (κ1) is 35.7. The first-order valence-electron chi connectivity index (χ1n) is 19.3. The number of fused-ring (bicyclic) bond motifs is 3. The lowest BCUT2D eigenvalue weighted by Crippen LogP contribution is -2.26. The van der Waals surface area contributed by atoms with Gasteiger partial charge in [-0.15, -0.1) is 0 Å². The van der Waals surface area contributed by atoms with Crippen LogP contribution in [0.5, 0.6) is 11.5 Å². The zero-order chi connectivity index (χ0) is 37.1. The Morgan fingerprint density at radius 1 is 0.788 bits per heavy atom. The minimum atomic E-state index is 0.00997. The summed E-state index contributed by atoms with van der Waals surface area (Å²) in [5.74, 6) is 4.94. The molecule has 1 unspecified atom stereocenters. The van der Waals surface area contributed by atoms with E-state index in [-0.39, 0.29) is 5.41 Å². The van der Waals surface area contributed by atoms with Crippen LogP contribution in [0, 0.1) is 31.6 Å². The van der Waals surface area contributed by atoms with Crippen molar-refractivity contribution in [1.82, 2.24) is 19.3 Å². The highest BCUT2D eigenvalue weighted by atomic mass is 16.5. The number of ether oxygens (including phenoxy) is 1. The smallest absolute Gasteiger partial charge is 0.137 e. The van der Waals surface area contributed by atoms with Crippen molar-refractivity contribution in [3.05, 3.63) is 119 Å². The van der Waals surface area contributed by atoms with Gasteiger partial charge in [-0.3, -0.25) is 4.57 Å². The summed E-state index contributed by atoms with van der Waals surface area (Å²) in [4.78, 5) is 4.87. The predicted molar refractivity (Wildman–Crippen MR) is 218 cm³/mol. The molecule has 270 valence electrons. The van der Waals surface area contributed by atoms with Crippen molar-refractivity contribution in [3.63, 3.8) is 0 Å². The fraction of sp³-hybridized carbons (Fsp3) is 0.404. The van der Waals surface area contributed by atoms with Crippen LogP contribution >= 0.6 is 0 Å². The predicted octanol–water partition coefficient (Wildman–Crippen LogP) is 12.9. The summed E-state index contributed by atoms with van der Waals surface area (Å²) in [6.45, 7) is 25.2. The van der Waals surface area contributed by atoms with E-state index in [1.165, 1.54) is 46.0 Å². The van der Waals surface area contributed by atoms with Crippen molar-refractivity contribution in [3.8, 4) is 23.0 Å². The quantitative estimate of drug-likeness (QED) is 0.149. The molecule has 3 aromatic heterocycles. The molecule has 3 aromatic carbocycles. The van der Waals surface area contributed by atoms with E-state index in [0.717, 1.165) is 39.7 Å². The maximum absolute atomic E-state index is 6.81. The van der Waals surface area contributed by atoms with Gasteiger partial charge in [0.25, 0.3) is 0 Å². The Morgan fingerprint density at radius 3 is 2.25 bits per heavy atom. The molecule has 3 heterocycles. The number of nitrogens with zero attached hydrogens (tertiary/aromatic N) is 4. The number of aromatic nitrogens is 4. The Morgan fingerprint density at radius 2 is 1.54 bits per heavy atom. The van der Waals surface area contributed by atoms with E-state index >= 15 is 0 Å². The maximum Gasteiger partial charge on any atom is 0.137 e. The molecule has 2 atom stereocenters. The summed E-state index contributed by atoms with van der Waals surface area (Å²) in [6.07, 6.45) is 6.84. The van der Waals surface area contributed by atoms with Gasteiger partial charge in [-0.1, -0.05) is 92.2 Å². The van der Waals surface area contributed by atoms with Crippen LogP contribution in [0.4, 0.5) is 0 Å². The van der Waals surface area contributed by atoms with Crippen molar-refractivity contribution in [2.24, 2.45) is 17.8 Å². The van der Waals surface area contributed by atoms with Crippen LogP contribution in [-0.2, 0) is 5.41 Å². The van der Waals surface area contributed by atoms with Crippen LogP contribution in [0.1, 0.15) is 115 Å². The van der Waals surface area contributed by atoms with Gasteiger partial charge >= 0.3 is 0 Å². The fourth-order valence-corrected chi connectivity index (χ4v) is 8.56. The summed E-state index contributed by atoms with van der Waals surface area (Å²) >= 11 is 0. The second-order valence-electron chi connectivity index (χ2n) is 17.0. The Labute approximate surface area is 310 Å². The minimum absolute atomic E-state index is 0.00997. The summed E-state index contributed by atoms with van der Waals surface area (Å²) in [6, 6.07) is 26.0. The largest absolute Gasteiger partial charge is 0.457 e. The molecule has 0 spiro atoms. The number of allylic oxidation sites excluding steroid dienone is 2. The van der Waals surface area contributed by atoms with Crippen LogP contribution in [0.25, 0.3) is 33.3 Å². The zero-order valence-electron chi connectivity index (χ0n) is 33.1. The SMILES string of the molecule is Cc1nn(-c2cc(Oc3ccc4c5ccccc5n(-c5cc(C(C)(C)C)ccn5)c4c3)cc(C(C)C)c2)c(C)c1C1C(C(C)C)=CCC[C@@H]1C(C)C. The molecule has 0 aliphatic heterocycles. The molecule has 5 heteroatoms. The van der Waals surface area contributed by atoms with E-state index in [0.29, 0.717) is 29.6 Å². The molecule has 6 aromatic rings. The van der Waals surface area contributed by atoms with Crippen LogP contribution in [0.3, 0.4) is 0 Å². The van der Waals surface area contributed by atoms with E-state index in [1.807, 2.05) is 6.20 Å². The topological polar surface area (TPSA) is 44.9 Å². The molecule has 52 heavy (non-hydrogen) atoms. The van der Waals surface area contributed by atoms with E-state index in [4.69, 9.17) is 14.8 Å². The standard InChI is InChI=1S/C47H56N4O/c1-28(2)33-23-35(51-32(8)45(31(7)49-51)46-38(29(3)4)16-14-17-39(46)30(5)6)26-37(24-33)52-36-19-20-41-40-15-12-13-18-42(40)50(43(41)27-36)44-25-34(21-22-48-44)47(9,10)11/h12-13,15-16,18-30,39,46H,14,17H2,1-11H3/t39-,46?/m1/s1. The molecule has 0 N–H and O–H groups in total. The van der Waals surface area contributed by atoms with Gasteiger partial charge in [0.05, 0.1) is 22.4 Å². The van der Waals surface area contributed by atoms with Crippen LogP contribution < -0.4 is 4.74 Å². The molecular formula is C47H56N4O. The molecule has 0 fully saturated rings. The summed E-state index contributed by atoms with van der Waals surface area (Å²) < 4.78 is 11.3. The summed E-state index contributed by atoms with van der Waals surface area (Å²) in [5.41, 5.74) is 11.1. The Bertz CT molecular complexity index is 2290. The maximum atomic E-state index is 6.81. The summed E-state index contributed by atoms with van der Waals surface area (Å²) in [5, 5.41) is 7.62. The molecule has 7 rings (SSSR count). The van der Waals surface area contributed by atoms with E-state index in [1.54, 1.807) is 5.57 Å². The highest BCUT2D eigenvalue weighted by molar-refractivity contribution is 6.09. The number of hydrogen-bond donors (Lipinski definition) is 0. The molecule has 0 amide bonds. The highest BCUT2D eigenvalue weighted by Crippen LogP contribution is 2.47. The highest BCUT2D eigenvalue weighted by Gasteiger charge is 2.36. The lowest BCUT2D eigenvalue weighted by atomic mass is 9.67. The van der Waals surface area contributed by atoms with E-state index in [2.05, 4.69) is 164 Å². The fourth-order valence-electron chi connectivity index (χ4n) is 8.56. The van der Waals surface area contributed by atoms with Crippen molar-refractivity contribution < 1.29 is 4.74 Å². The molecule has 0 radical (unpaired) electrons. The monoisotopic (exact) mass is 692 g/mol. The van der Waals surface area contributed by atoms with E-state index < -0.39 is 0 Å². The van der Waals surface area contributed by atoms with Gasteiger partial charge in [-0.05, 0) is 109 Å². The molecule has 5 nitrogen and oxygen atoms in total. The first-order chi connectivity index (χ1) is 24.7. The van der Waals surface area contributed by atoms with Crippen LogP contribution in [0.2, 0.25) is 0 Å². The molecule has 1 aliphatic rings. The third-order valence-corrected chi connectivity index (χ3v) is 11.4. The Hall–Kier alpha value is -4.64. The number of pyridine rings is 1. The Kier molecular flexibility index (Phi) is 9.44. The van der Waals surface area contributed by atoms with Crippen LogP contribution in [0.15, 0.2) is 90.6 Å². The van der Waals surface area contributed by atoms with Crippen molar-refractivity contribution in [1.29, 1.82) is 0 Å². The average molecular weight is 693 g/mol. The number of rotatable bonds is 8. The van der Waals surface area contributed by atoms with Gasteiger partial charge in [0.15, 0.2) is 0 Å². The van der Waals surface area contributed by atoms with Crippen LogP contribution in [-0.4, -0.2) is 19.3 Å². The Balaban J connectivity index is 1.32. The number of para-hydroxylation sites is 1. The van der Waals surface area contributed by atoms with Gasteiger partial charge in [0.1, 0.15) is 17.3 Å². The third-order valence-electron chi connectivity index (χ3n) is 11.4. The zero-order valence-corrected chi connectivity index (χ0v) is 33.1. The molecule has 0 bridgehead atoms.